The van der Waals surface area contributed by atoms with Crippen LogP contribution in [0.25, 0.3) is 0 Å². The van der Waals surface area contributed by atoms with E-state index in [0.29, 0.717) is 37.6 Å². The minimum Gasteiger partial charge on any atom is -0.394 e. The lowest BCUT2D eigenvalue weighted by molar-refractivity contribution is -0.385. The van der Waals surface area contributed by atoms with E-state index < -0.39 is 28.6 Å². The number of carbonyl (C=O) groups excluding carboxylic acids is 1. The molecule has 0 unspecified atom stereocenters. The molecule has 0 amide bonds. The van der Waals surface area contributed by atoms with Gasteiger partial charge in [-0.2, -0.15) is 0 Å². The van der Waals surface area contributed by atoms with Crippen LogP contribution in [0.2, 0.25) is 0 Å². The maximum absolute atomic E-state index is 12.8. The van der Waals surface area contributed by atoms with Crippen molar-refractivity contribution in [1.82, 2.24) is 0 Å². The average molecular weight is 537 g/mol. The zero-order valence-corrected chi connectivity index (χ0v) is 21.7. The van der Waals surface area contributed by atoms with Crippen LogP contribution in [0.15, 0.2) is 36.4 Å². The Labute approximate surface area is 219 Å². The fourth-order valence-corrected chi connectivity index (χ4v) is 3.51. The number of hydrogen-bond donors (Lipinski definition) is 0. The van der Waals surface area contributed by atoms with Crippen LogP contribution in [0, 0.1) is 20.2 Å². The highest BCUT2D eigenvalue weighted by Crippen LogP contribution is 2.29. The summed E-state index contributed by atoms with van der Waals surface area (Å²) in [4.78, 5) is 34.2. The number of non-ortho nitro benzene ring substituents is 2. The SMILES string of the molecule is CCOC(Cc1cc([N+](=O)[O-])ccc1OC(=O)Oc1ccc([N+](=O)[O-])cc1CC(OCC)OCC)OCC. The minimum absolute atomic E-state index is 0.00924. The van der Waals surface area contributed by atoms with E-state index >= 15 is 0 Å². The maximum atomic E-state index is 12.8. The Morgan fingerprint density at radius 3 is 1.32 bits per heavy atom. The van der Waals surface area contributed by atoms with Crippen LogP contribution in [0.1, 0.15) is 38.8 Å². The Bertz CT molecular complexity index is 997. The van der Waals surface area contributed by atoms with Crippen molar-refractivity contribution in [3.05, 3.63) is 67.8 Å². The Hall–Kier alpha value is -3.65. The van der Waals surface area contributed by atoms with Gasteiger partial charge in [0, 0.05) is 74.7 Å². The number of hydrogen-bond acceptors (Lipinski definition) is 11. The highest BCUT2D eigenvalue weighted by Gasteiger charge is 2.22. The minimum atomic E-state index is -1.15. The van der Waals surface area contributed by atoms with E-state index in [1.54, 1.807) is 27.7 Å². The Kier molecular flexibility index (Phi) is 12.5. The molecule has 0 atom stereocenters. The van der Waals surface area contributed by atoms with Gasteiger partial charge in [0.15, 0.2) is 12.6 Å². The third-order valence-corrected chi connectivity index (χ3v) is 5.08. The fourth-order valence-electron chi connectivity index (χ4n) is 3.51. The molecule has 0 saturated carbocycles. The zero-order chi connectivity index (χ0) is 28.1. The summed E-state index contributed by atoms with van der Waals surface area (Å²) in [5.74, 6) is 0.0185. The molecular weight excluding hydrogens is 504 g/mol. The fraction of sp³-hybridized carbons (Fsp3) is 0.480. The monoisotopic (exact) mass is 536 g/mol. The zero-order valence-electron chi connectivity index (χ0n) is 21.7. The number of nitro groups is 2. The second-order valence-corrected chi connectivity index (χ2v) is 7.64. The molecule has 2 aromatic carbocycles. The van der Waals surface area contributed by atoms with E-state index in [9.17, 15) is 25.0 Å². The Balaban J connectivity index is 2.32. The lowest BCUT2D eigenvalue weighted by Gasteiger charge is -2.19. The van der Waals surface area contributed by atoms with Crippen LogP contribution in [0.5, 0.6) is 11.5 Å². The van der Waals surface area contributed by atoms with E-state index in [1.807, 2.05) is 0 Å². The summed E-state index contributed by atoms with van der Waals surface area (Å²) in [7, 11) is 0. The van der Waals surface area contributed by atoms with E-state index in [-0.39, 0.29) is 35.7 Å². The first kappa shape index (κ1) is 30.6. The number of ether oxygens (including phenoxy) is 6. The normalized spacial score (nSPS) is 11.1. The van der Waals surface area contributed by atoms with E-state index in [4.69, 9.17) is 28.4 Å². The molecular formula is C25H32N2O11. The predicted molar refractivity (Wildman–Crippen MR) is 134 cm³/mol. The summed E-state index contributed by atoms with van der Waals surface area (Å²) >= 11 is 0. The van der Waals surface area contributed by atoms with Gasteiger partial charge in [-0.1, -0.05) is 0 Å². The van der Waals surface area contributed by atoms with Crippen molar-refractivity contribution in [2.45, 2.75) is 53.1 Å². The smallest absolute Gasteiger partial charge is 0.394 e. The molecule has 0 heterocycles. The van der Waals surface area contributed by atoms with Gasteiger partial charge in [-0.05, 0) is 39.8 Å². The van der Waals surface area contributed by atoms with Crippen molar-refractivity contribution >= 4 is 17.5 Å². The van der Waals surface area contributed by atoms with E-state index in [2.05, 4.69) is 0 Å². The van der Waals surface area contributed by atoms with Crippen LogP contribution in [-0.2, 0) is 31.8 Å². The molecule has 0 aliphatic carbocycles. The lowest BCUT2D eigenvalue weighted by Crippen LogP contribution is -2.23. The van der Waals surface area contributed by atoms with Crippen molar-refractivity contribution in [2.24, 2.45) is 0 Å². The number of nitro benzene ring substituents is 2. The van der Waals surface area contributed by atoms with Crippen molar-refractivity contribution in [3.8, 4) is 11.5 Å². The molecule has 208 valence electrons. The van der Waals surface area contributed by atoms with Crippen LogP contribution in [0.3, 0.4) is 0 Å². The molecule has 2 rings (SSSR count). The highest BCUT2D eigenvalue weighted by molar-refractivity contribution is 5.69. The first-order valence-corrected chi connectivity index (χ1v) is 12.1. The van der Waals surface area contributed by atoms with E-state index in [1.165, 1.54) is 36.4 Å². The number of benzene rings is 2. The topological polar surface area (TPSA) is 159 Å². The number of rotatable bonds is 16. The molecule has 0 aliphatic heterocycles. The molecule has 0 aromatic heterocycles. The van der Waals surface area contributed by atoms with Crippen molar-refractivity contribution in [2.75, 3.05) is 26.4 Å². The lowest BCUT2D eigenvalue weighted by atomic mass is 10.1. The summed E-state index contributed by atoms with van der Waals surface area (Å²) in [6.45, 7) is 8.46. The summed E-state index contributed by atoms with van der Waals surface area (Å²) < 4.78 is 32.9. The van der Waals surface area contributed by atoms with Crippen LogP contribution in [0.4, 0.5) is 16.2 Å². The second-order valence-electron chi connectivity index (χ2n) is 7.64. The molecule has 38 heavy (non-hydrogen) atoms. The van der Waals surface area contributed by atoms with Gasteiger partial charge in [-0.15, -0.1) is 0 Å². The predicted octanol–water partition coefficient (Wildman–Crippen LogP) is 4.96. The molecule has 2 aromatic rings. The highest BCUT2D eigenvalue weighted by atomic mass is 16.7. The molecule has 0 N–H and O–H groups in total. The number of nitrogens with zero attached hydrogens (tertiary/aromatic N) is 2. The van der Waals surface area contributed by atoms with Crippen LogP contribution < -0.4 is 9.47 Å². The van der Waals surface area contributed by atoms with Gasteiger partial charge in [-0.25, -0.2) is 4.79 Å². The van der Waals surface area contributed by atoms with Gasteiger partial charge in [0.25, 0.3) is 11.4 Å². The summed E-state index contributed by atoms with van der Waals surface area (Å²) in [5, 5.41) is 22.6. The van der Waals surface area contributed by atoms with E-state index in [0.717, 1.165) is 0 Å². The van der Waals surface area contributed by atoms with Crippen molar-refractivity contribution < 1.29 is 43.1 Å². The molecule has 0 aliphatic rings. The molecule has 0 bridgehead atoms. The first-order valence-electron chi connectivity index (χ1n) is 12.1. The molecule has 0 radical (unpaired) electrons. The largest absolute Gasteiger partial charge is 0.519 e. The van der Waals surface area contributed by atoms with Gasteiger partial charge in [0.05, 0.1) is 9.85 Å². The Morgan fingerprint density at radius 2 is 1.03 bits per heavy atom. The van der Waals surface area contributed by atoms with Gasteiger partial charge in [-0.3, -0.25) is 20.2 Å². The summed E-state index contributed by atoms with van der Waals surface area (Å²) in [5.41, 5.74) is 0.172. The number of carbonyl (C=O) groups is 1. The Morgan fingerprint density at radius 1 is 0.684 bits per heavy atom. The maximum Gasteiger partial charge on any atom is 0.519 e. The van der Waals surface area contributed by atoms with Crippen molar-refractivity contribution in [1.29, 1.82) is 0 Å². The van der Waals surface area contributed by atoms with Gasteiger partial charge in [0.2, 0.25) is 0 Å². The standard InChI is InChI=1S/C25H32N2O11/c1-5-33-23(34-6-2)15-17-13-19(26(29)30)9-11-21(17)37-25(28)38-22-12-10-20(27(31)32)14-18(22)16-24(35-7-3)36-8-4/h9-14,23-24H,5-8,15-16H2,1-4H3. The van der Waals surface area contributed by atoms with Gasteiger partial charge >= 0.3 is 6.16 Å². The van der Waals surface area contributed by atoms with Gasteiger partial charge < -0.3 is 28.4 Å². The molecule has 0 saturated heterocycles. The molecule has 13 heteroatoms. The van der Waals surface area contributed by atoms with Crippen LogP contribution >= 0.6 is 0 Å². The second kappa shape index (κ2) is 15.6. The average Bonchev–Trinajstić information content (AvgIpc) is 2.86. The van der Waals surface area contributed by atoms with Crippen molar-refractivity contribution in [3.63, 3.8) is 0 Å². The molecule has 0 spiro atoms. The van der Waals surface area contributed by atoms with Crippen LogP contribution in [-0.4, -0.2) is 55.0 Å². The third kappa shape index (κ3) is 9.34. The summed E-state index contributed by atoms with van der Waals surface area (Å²) in [6.07, 6.45) is -2.46. The third-order valence-electron chi connectivity index (χ3n) is 5.08. The molecule has 0 fully saturated rings. The quantitative estimate of drug-likeness (QED) is 0.0937. The molecule has 13 nitrogen and oxygen atoms in total. The first-order chi connectivity index (χ1) is 18.2. The summed E-state index contributed by atoms with van der Waals surface area (Å²) in [6, 6.07) is 7.46. The van der Waals surface area contributed by atoms with Gasteiger partial charge in [0.1, 0.15) is 11.5 Å².